The van der Waals surface area contributed by atoms with Crippen molar-refractivity contribution in [3.8, 4) is 0 Å². The number of carbonyl (C=O) groups is 2. The van der Waals surface area contributed by atoms with Crippen molar-refractivity contribution in [3.63, 3.8) is 0 Å². The third kappa shape index (κ3) is 5.60. The summed E-state index contributed by atoms with van der Waals surface area (Å²) in [6.07, 6.45) is 3.66. The van der Waals surface area contributed by atoms with E-state index in [4.69, 9.17) is 4.74 Å². The Labute approximate surface area is 149 Å². The van der Waals surface area contributed by atoms with E-state index in [2.05, 4.69) is 16.8 Å². The highest BCUT2D eigenvalue weighted by molar-refractivity contribution is 6.00. The van der Waals surface area contributed by atoms with Crippen LogP contribution in [0.15, 0.2) is 36.9 Å². The molecule has 1 aromatic rings. The quantitative estimate of drug-likeness (QED) is 0.469. The highest BCUT2D eigenvalue weighted by Gasteiger charge is 2.22. The van der Waals surface area contributed by atoms with Crippen LogP contribution in [0, 0.1) is 0 Å². The zero-order valence-electron chi connectivity index (χ0n) is 14.9. The highest BCUT2D eigenvalue weighted by atomic mass is 16.5. The SMILES string of the molecule is C=CCN1CCN(C(=O)Nc2ccccc2C(=O)OCCCC)CC1. The van der Waals surface area contributed by atoms with E-state index in [0.29, 0.717) is 30.9 Å². The van der Waals surface area contributed by atoms with Crippen LogP contribution in [0.2, 0.25) is 0 Å². The molecule has 136 valence electrons. The summed E-state index contributed by atoms with van der Waals surface area (Å²) in [5.74, 6) is -0.403. The predicted molar refractivity (Wildman–Crippen MR) is 98.9 cm³/mol. The molecule has 6 heteroatoms. The summed E-state index contributed by atoms with van der Waals surface area (Å²) in [7, 11) is 0. The van der Waals surface area contributed by atoms with Gasteiger partial charge in [-0.1, -0.05) is 31.6 Å². The number of hydrogen-bond donors (Lipinski definition) is 1. The highest BCUT2D eigenvalue weighted by Crippen LogP contribution is 2.17. The standard InChI is InChI=1S/C19H27N3O3/c1-3-5-15-25-18(23)16-8-6-7-9-17(16)20-19(24)22-13-11-21(10-4-2)12-14-22/h4,6-9H,2-3,5,10-15H2,1H3,(H,20,24). The van der Waals surface area contributed by atoms with Gasteiger partial charge < -0.3 is 15.0 Å². The monoisotopic (exact) mass is 345 g/mol. The molecule has 6 nitrogen and oxygen atoms in total. The summed E-state index contributed by atoms with van der Waals surface area (Å²) >= 11 is 0. The smallest absolute Gasteiger partial charge is 0.340 e. The Hall–Kier alpha value is -2.34. The number of esters is 1. The number of unbranched alkanes of at least 4 members (excludes halogenated alkanes) is 1. The van der Waals surface area contributed by atoms with Crippen LogP contribution in [0.1, 0.15) is 30.1 Å². The number of anilines is 1. The minimum atomic E-state index is -0.403. The lowest BCUT2D eigenvalue weighted by Crippen LogP contribution is -2.50. The van der Waals surface area contributed by atoms with Gasteiger partial charge in [0.05, 0.1) is 17.9 Å². The molecule has 1 N–H and O–H groups in total. The Morgan fingerprint density at radius 1 is 1.24 bits per heavy atom. The van der Waals surface area contributed by atoms with Gasteiger partial charge in [-0.15, -0.1) is 6.58 Å². The van der Waals surface area contributed by atoms with Crippen LogP contribution in [-0.2, 0) is 4.74 Å². The first kappa shape index (κ1) is 19.0. The number of hydrogen-bond acceptors (Lipinski definition) is 4. The van der Waals surface area contributed by atoms with E-state index in [1.54, 1.807) is 29.2 Å². The largest absolute Gasteiger partial charge is 0.462 e. The predicted octanol–water partition coefficient (Wildman–Crippen LogP) is 2.98. The molecule has 1 aliphatic rings. The van der Waals surface area contributed by atoms with Gasteiger partial charge in [-0.25, -0.2) is 9.59 Å². The number of nitrogens with one attached hydrogen (secondary N) is 1. The molecule has 1 fully saturated rings. The molecule has 0 aliphatic carbocycles. The summed E-state index contributed by atoms with van der Waals surface area (Å²) in [6.45, 7) is 9.95. The second-order valence-corrected chi connectivity index (χ2v) is 6.04. The van der Waals surface area contributed by atoms with Crippen LogP contribution in [0.25, 0.3) is 0 Å². The lowest BCUT2D eigenvalue weighted by Gasteiger charge is -2.34. The number of rotatable bonds is 7. The maximum absolute atomic E-state index is 12.5. The summed E-state index contributed by atoms with van der Waals surface area (Å²) in [6, 6.07) is 6.77. The Balaban J connectivity index is 1.94. The molecule has 1 heterocycles. The van der Waals surface area contributed by atoms with Crippen LogP contribution in [-0.4, -0.2) is 61.1 Å². The van der Waals surface area contributed by atoms with Crippen molar-refractivity contribution in [2.45, 2.75) is 19.8 Å². The Morgan fingerprint density at radius 2 is 1.96 bits per heavy atom. The van der Waals surface area contributed by atoms with Crippen LogP contribution >= 0.6 is 0 Å². The summed E-state index contributed by atoms with van der Waals surface area (Å²) in [5.41, 5.74) is 0.875. The third-order valence-electron chi connectivity index (χ3n) is 4.17. The first-order valence-electron chi connectivity index (χ1n) is 8.81. The lowest BCUT2D eigenvalue weighted by atomic mass is 10.2. The van der Waals surface area contributed by atoms with Crippen LogP contribution in [0.4, 0.5) is 10.5 Å². The van der Waals surface area contributed by atoms with Gasteiger partial charge in [-0.2, -0.15) is 0 Å². The molecule has 2 amide bonds. The van der Waals surface area contributed by atoms with E-state index in [9.17, 15) is 9.59 Å². The van der Waals surface area contributed by atoms with Gasteiger partial charge in [0.2, 0.25) is 0 Å². The topological polar surface area (TPSA) is 61.9 Å². The average molecular weight is 345 g/mol. The molecule has 2 rings (SSSR count). The molecule has 1 aliphatic heterocycles. The first-order chi connectivity index (χ1) is 12.2. The zero-order valence-corrected chi connectivity index (χ0v) is 14.9. The summed E-state index contributed by atoms with van der Waals surface area (Å²) < 4.78 is 5.26. The Bertz CT molecular complexity index is 595. The van der Waals surface area contributed by atoms with Crippen LogP contribution in [0.5, 0.6) is 0 Å². The second kappa shape index (κ2) is 9.84. The summed E-state index contributed by atoms with van der Waals surface area (Å²) in [4.78, 5) is 28.7. The van der Waals surface area contributed by atoms with E-state index in [1.165, 1.54) is 0 Å². The molecule has 25 heavy (non-hydrogen) atoms. The van der Waals surface area contributed by atoms with E-state index in [1.807, 2.05) is 13.0 Å². The minimum absolute atomic E-state index is 0.188. The van der Waals surface area contributed by atoms with Crippen molar-refractivity contribution < 1.29 is 14.3 Å². The average Bonchev–Trinajstić information content (AvgIpc) is 2.63. The van der Waals surface area contributed by atoms with E-state index in [0.717, 1.165) is 32.5 Å². The van der Waals surface area contributed by atoms with E-state index >= 15 is 0 Å². The van der Waals surface area contributed by atoms with Gasteiger partial charge in [-0.3, -0.25) is 4.90 Å². The third-order valence-corrected chi connectivity index (χ3v) is 4.17. The van der Waals surface area contributed by atoms with Crippen molar-refractivity contribution in [2.24, 2.45) is 0 Å². The van der Waals surface area contributed by atoms with Gasteiger partial charge in [-0.05, 0) is 18.6 Å². The van der Waals surface area contributed by atoms with Crippen molar-refractivity contribution >= 4 is 17.7 Å². The Kier molecular flexibility index (Phi) is 7.47. The molecule has 1 saturated heterocycles. The van der Waals surface area contributed by atoms with Gasteiger partial charge >= 0.3 is 12.0 Å². The van der Waals surface area contributed by atoms with Crippen LogP contribution < -0.4 is 5.32 Å². The number of amides is 2. The number of nitrogens with zero attached hydrogens (tertiary/aromatic N) is 2. The molecular weight excluding hydrogens is 318 g/mol. The van der Waals surface area contributed by atoms with Gasteiger partial charge in [0.1, 0.15) is 0 Å². The number of carbonyl (C=O) groups excluding carboxylic acids is 2. The fourth-order valence-electron chi connectivity index (χ4n) is 2.67. The van der Waals surface area contributed by atoms with Gasteiger partial charge in [0.25, 0.3) is 0 Å². The lowest BCUT2D eigenvalue weighted by molar-refractivity contribution is 0.0501. The molecular formula is C19H27N3O3. The van der Waals surface area contributed by atoms with Crippen molar-refractivity contribution in [3.05, 3.63) is 42.5 Å². The first-order valence-corrected chi connectivity index (χ1v) is 8.81. The summed E-state index contributed by atoms with van der Waals surface area (Å²) in [5, 5.41) is 2.85. The maximum atomic E-state index is 12.5. The van der Waals surface area contributed by atoms with Crippen molar-refractivity contribution in [1.82, 2.24) is 9.80 Å². The van der Waals surface area contributed by atoms with Crippen LogP contribution in [0.3, 0.4) is 0 Å². The molecule has 0 spiro atoms. The van der Waals surface area contributed by atoms with Crippen molar-refractivity contribution in [2.75, 3.05) is 44.6 Å². The number of para-hydroxylation sites is 1. The maximum Gasteiger partial charge on any atom is 0.340 e. The molecule has 0 atom stereocenters. The molecule has 0 unspecified atom stereocenters. The van der Waals surface area contributed by atoms with E-state index in [-0.39, 0.29) is 6.03 Å². The number of ether oxygens (including phenoxy) is 1. The van der Waals surface area contributed by atoms with Gasteiger partial charge in [0, 0.05) is 32.7 Å². The number of piperazine rings is 1. The minimum Gasteiger partial charge on any atom is -0.462 e. The molecule has 0 aromatic heterocycles. The fourth-order valence-corrected chi connectivity index (χ4v) is 2.67. The van der Waals surface area contributed by atoms with Gasteiger partial charge in [0.15, 0.2) is 0 Å². The Morgan fingerprint density at radius 3 is 2.64 bits per heavy atom. The number of benzene rings is 1. The molecule has 0 radical (unpaired) electrons. The van der Waals surface area contributed by atoms with Crippen molar-refractivity contribution in [1.29, 1.82) is 0 Å². The van der Waals surface area contributed by atoms with E-state index < -0.39 is 5.97 Å². The second-order valence-electron chi connectivity index (χ2n) is 6.04. The molecule has 1 aromatic carbocycles. The fraction of sp³-hybridized carbons (Fsp3) is 0.474. The normalized spacial score (nSPS) is 14.8. The number of urea groups is 1. The zero-order chi connectivity index (χ0) is 18.1. The molecule has 0 saturated carbocycles. The molecule has 0 bridgehead atoms.